The van der Waals surface area contributed by atoms with Crippen LogP contribution in [0, 0.1) is 10.1 Å². The molecular weight excluding hydrogens is 264 g/mol. The largest absolute Gasteiger partial charge is 0.459 e. The molecule has 0 atom stereocenters. The molecular formula is C12H8N4O4. The van der Waals surface area contributed by atoms with Crippen molar-refractivity contribution >= 4 is 28.3 Å². The second kappa shape index (κ2) is 4.50. The number of H-pyrrole nitrogens is 1. The standard InChI is InChI=1S/C12H8N4O4/c17-12(10-2-1-5-20-10)13-11-8-6-7(16(18)19)3-4-9(8)14-15-11/h1-6H,(H2,13,14,15,17). The SMILES string of the molecule is O=C(Nc1n[nH]c2ccc([N+](=O)[O-])cc12)c1ccco1. The van der Waals surface area contributed by atoms with E-state index in [0.29, 0.717) is 10.9 Å². The Balaban J connectivity index is 1.97. The van der Waals surface area contributed by atoms with E-state index in [9.17, 15) is 14.9 Å². The fraction of sp³-hybridized carbons (Fsp3) is 0. The molecule has 100 valence electrons. The van der Waals surface area contributed by atoms with Gasteiger partial charge in [-0.15, -0.1) is 0 Å². The van der Waals surface area contributed by atoms with Crippen molar-refractivity contribution in [2.75, 3.05) is 5.32 Å². The van der Waals surface area contributed by atoms with E-state index in [-0.39, 0.29) is 17.3 Å². The van der Waals surface area contributed by atoms with E-state index in [4.69, 9.17) is 4.42 Å². The van der Waals surface area contributed by atoms with Crippen LogP contribution in [0.25, 0.3) is 10.9 Å². The molecule has 0 saturated carbocycles. The minimum absolute atomic E-state index is 0.0765. The summed E-state index contributed by atoms with van der Waals surface area (Å²) < 4.78 is 4.96. The summed E-state index contributed by atoms with van der Waals surface area (Å²) in [6, 6.07) is 7.33. The van der Waals surface area contributed by atoms with Crippen LogP contribution in [0.3, 0.4) is 0 Å². The number of rotatable bonds is 3. The van der Waals surface area contributed by atoms with Crippen LogP contribution in [0.5, 0.6) is 0 Å². The molecule has 3 rings (SSSR count). The number of fused-ring (bicyclic) bond motifs is 1. The van der Waals surface area contributed by atoms with Gasteiger partial charge in [0.05, 0.1) is 22.1 Å². The number of carbonyl (C=O) groups excluding carboxylic acids is 1. The first kappa shape index (κ1) is 11.9. The molecule has 0 aliphatic carbocycles. The van der Waals surface area contributed by atoms with E-state index in [1.165, 1.54) is 30.5 Å². The predicted octanol–water partition coefficient (Wildman–Crippen LogP) is 2.32. The van der Waals surface area contributed by atoms with Gasteiger partial charge < -0.3 is 9.73 Å². The van der Waals surface area contributed by atoms with Crippen LogP contribution in [0.4, 0.5) is 11.5 Å². The minimum atomic E-state index is -0.509. The lowest BCUT2D eigenvalue weighted by Crippen LogP contribution is -2.11. The van der Waals surface area contributed by atoms with Crippen molar-refractivity contribution in [1.82, 2.24) is 10.2 Å². The van der Waals surface area contributed by atoms with Crippen LogP contribution >= 0.6 is 0 Å². The lowest BCUT2D eigenvalue weighted by molar-refractivity contribution is -0.384. The number of non-ortho nitro benzene ring substituents is 1. The number of nitro benzene ring substituents is 1. The number of nitrogens with one attached hydrogen (secondary N) is 2. The monoisotopic (exact) mass is 272 g/mol. The zero-order valence-corrected chi connectivity index (χ0v) is 9.99. The van der Waals surface area contributed by atoms with Gasteiger partial charge in [0.25, 0.3) is 11.6 Å². The van der Waals surface area contributed by atoms with E-state index in [2.05, 4.69) is 15.5 Å². The summed E-state index contributed by atoms with van der Waals surface area (Å²) in [6.07, 6.45) is 1.38. The Morgan fingerprint density at radius 2 is 2.25 bits per heavy atom. The first-order valence-electron chi connectivity index (χ1n) is 5.62. The van der Waals surface area contributed by atoms with Crippen molar-refractivity contribution in [3.8, 4) is 0 Å². The molecule has 8 nitrogen and oxygen atoms in total. The van der Waals surface area contributed by atoms with Crippen LogP contribution < -0.4 is 5.32 Å². The summed E-state index contributed by atoms with van der Waals surface area (Å²) in [4.78, 5) is 22.1. The molecule has 0 saturated heterocycles. The normalized spacial score (nSPS) is 10.6. The first-order valence-corrected chi connectivity index (χ1v) is 5.62. The highest BCUT2D eigenvalue weighted by molar-refractivity contribution is 6.06. The molecule has 0 aliphatic heterocycles. The number of hydrogen-bond donors (Lipinski definition) is 2. The van der Waals surface area contributed by atoms with Crippen molar-refractivity contribution in [2.24, 2.45) is 0 Å². The van der Waals surface area contributed by atoms with Gasteiger partial charge in [-0.25, -0.2) is 0 Å². The summed E-state index contributed by atoms with van der Waals surface area (Å²) >= 11 is 0. The van der Waals surface area contributed by atoms with Crippen molar-refractivity contribution in [2.45, 2.75) is 0 Å². The number of aromatic amines is 1. The van der Waals surface area contributed by atoms with Crippen LogP contribution in [0.2, 0.25) is 0 Å². The average molecular weight is 272 g/mol. The first-order chi connectivity index (χ1) is 9.65. The molecule has 1 amide bonds. The number of benzene rings is 1. The molecule has 2 heterocycles. The Bertz CT molecular complexity index is 791. The fourth-order valence-corrected chi connectivity index (χ4v) is 1.79. The van der Waals surface area contributed by atoms with Crippen molar-refractivity contribution in [3.05, 3.63) is 52.5 Å². The maximum atomic E-state index is 11.8. The number of carbonyl (C=O) groups is 1. The van der Waals surface area contributed by atoms with Gasteiger partial charge in [0.15, 0.2) is 11.6 Å². The van der Waals surface area contributed by atoms with E-state index in [1.807, 2.05) is 0 Å². The number of amides is 1. The van der Waals surface area contributed by atoms with Crippen LogP contribution in [-0.4, -0.2) is 21.0 Å². The fourth-order valence-electron chi connectivity index (χ4n) is 1.79. The van der Waals surface area contributed by atoms with Crippen molar-refractivity contribution in [1.29, 1.82) is 0 Å². The third-order valence-electron chi connectivity index (χ3n) is 2.73. The van der Waals surface area contributed by atoms with E-state index < -0.39 is 10.8 Å². The molecule has 0 aliphatic rings. The lowest BCUT2D eigenvalue weighted by atomic mass is 10.2. The highest BCUT2D eigenvalue weighted by atomic mass is 16.6. The second-order valence-electron chi connectivity index (χ2n) is 3.99. The topological polar surface area (TPSA) is 114 Å². The minimum Gasteiger partial charge on any atom is -0.459 e. The van der Waals surface area contributed by atoms with Gasteiger partial charge in [-0.1, -0.05) is 0 Å². The van der Waals surface area contributed by atoms with Gasteiger partial charge >= 0.3 is 0 Å². The highest BCUT2D eigenvalue weighted by Gasteiger charge is 2.15. The Morgan fingerprint density at radius 3 is 2.95 bits per heavy atom. The van der Waals surface area contributed by atoms with Gasteiger partial charge in [-0.2, -0.15) is 5.10 Å². The molecule has 0 fully saturated rings. The van der Waals surface area contributed by atoms with Gasteiger partial charge in [0, 0.05) is 12.1 Å². The molecule has 20 heavy (non-hydrogen) atoms. The summed E-state index contributed by atoms with van der Waals surface area (Å²) in [5.74, 6) is -0.133. The molecule has 2 aromatic heterocycles. The Labute approximate surface area is 111 Å². The van der Waals surface area contributed by atoms with E-state index >= 15 is 0 Å². The molecule has 2 N–H and O–H groups in total. The third-order valence-corrected chi connectivity index (χ3v) is 2.73. The van der Waals surface area contributed by atoms with Crippen LogP contribution in [-0.2, 0) is 0 Å². The maximum absolute atomic E-state index is 11.8. The van der Waals surface area contributed by atoms with Gasteiger partial charge in [0.2, 0.25) is 0 Å². The summed E-state index contributed by atoms with van der Waals surface area (Å²) in [6.45, 7) is 0. The molecule has 0 radical (unpaired) electrons. The number of furan rings is 1. The third kappa shape index (κ3) is 1.99. The zero-order valence-electron chi connectivity index (χ0n) is 9.99. The van der Waals surface area contributed by atoms with Crippen LogP contribution in [0.15, 0.2) is 41.0 Å². The number of anilines is 1. The van der Waals surface area contributed by atoms with Gasteiger partial charge in [-0.05, 0) is 18.2 Å². The number of nitro groups is 1. The average Bonchev–Trinajstić information content (AvgIpc) is 3.08. The maximum Gasteiger partial charge on any atom is 0.292 e. The summed E-state index contributed by atoms with van der Waals surface area (Å²) in [5, 5.41) is 20.4. The quantitative estimate of drug-likeness (QED) is 0.561. The number of hydrogen-bond acceptors (Lipinski definition) is 5. The molecule has 0 spiro atoms. The summed E-state index contributed by atoms with van der Waals surface area (Å²) in [5.41, 5.74) is 0.512. The number of aromatic nitrogens is 2. The molecule has 8 heteroatoms. The van der Waals surface area contributed by atoms with Crippen molar-refractivity contribution < 1.29 is 14.1 Å². The number of nitrogens with zero attached hydrogens (tertiary/aromatic N) is 2. The molecule has 3 aromatic rings. The van der Waals surface area contributed by atoms with Crippen LogP contribution in [0.1, 0.15) is 10.6 Å². The van der Waals surface area contributed by atoms with Crippen molar-refractivity contribution in [3.63, 3.8) is 0 Å². The smallest absolute Gasteiger partial charge is 0.292 e. The van der Waals surface area contributed by atoms with Gasteiger partial charge in [0.1, 0.15) is 0 Å². The lowest BCUT2D eigenvalue weighted by Gasteiger charge is -1.99. The molecule has 1 aromatic carbocycles. The predicted molar refractivity (Wildman–Crippen MR) is 69.4 cm³/mol. The Morgan fingerprint density at radius 1 is 1.40 bits per heavy atom. The Kier molecular flexibility index (Phi) is 2.68. The molecule has 0 bridgehead atoms. The second-order valence-corrected chi connectivity index (χ2v) is 3.99. The Hall–Kier alpha value is -3.16. The summed E-state index contributed by atoms with van der Waals surface area (Å²) in [7, 11) is 0. The molecule has 0 unspecified atom stereocenters. The zero-order chi connectivity index (χ0) is 14.1. The van der Waals surface area contributed by atoms with Gasteiger partial charge in [-0.3, -0.25) is 20.0 Å². The van der Waals surface area contributed by atoms with E-state index in [0.717, 1.165) is 0 Å². The van der Waals surface area contributed by atoms with E-state index in [1.54, 1.807) is 6.07 Å². The highest BCUT2D eigenvalue weighted by Crippen LogP contribution is 2.25.